The van der Waals surface area contributed by atoms with Crippen molar-refractivity contribution in [3.63, 3.8) is 0 Å². The molecular formula is C9H8ClF4N. The van der Waals surface area contributed by atoms with E-state index >= 15 is 0 Å². The first kappa shape index (κ1) is 12.3. The van der Waals surface area contributed by atoms with Crippen LogP contribution >= 0.6 is 11.6 Å². The van der Waals surface area contributed by atoms with Crippen LogP contribution in [-0.2, 0) is 0 Å². The normalized spacial score (nSPS) is 14.0. The van der Waals surface area contributed by atoms with Crippen LogP contribution in [0.4, 0.5) is 17.6 Å². The Kier molecular flexibility index (Phi) is 3.57. The third-order valence-electron chi connectivity index (χ3n) is 1.76. The molecule has 0 radical (unpaired) electrons. The zero-order valence-corrected chi connectivity index (χ0v) is 8.24. The molecule has 0 spiro atoms. The van der Waals surface area contributed by atoms with E-state index in [1.807, 2.05) is 0 Å². The van der Waals surface area contributed by atoms with Crippen molar-refractivity contribution in [3.05, 3.63) is 34.6 Å². The smallest absolute Gasteiger partial charge is 0.324 e. The van der Waals surface area contributed by atoms with E-state index in [0.717, 1.165) is 12.1 Å². The summed E-state index contributed by atoms with van der Waals surface area (Å²) in [7, 11) is 0. The van der Waals surface area contributed by atoms with Crippen molar-refractivity contribution in [3.8, 4) is 0 Å². The monoisotopic (exact) mass is 241 g/mol. The molecule has 1 rings (SSSR count). The average Bonchev–Trinajstić information content (AvgIpc) is 1.98. The quantitative estimate of drug-likeness (QED) is 0.789. The highest BCUT2D eigenvalue weighted by atomic mass is 35.5. The molecule has 0 aromatic heterocycles. The Morgan fingerprint density at radius 1 is 1.27 bits per heavy atom. The van der Waals surface area contributed by atoms with Gasteiger partial charge in [0.2, 0.25) is 0 Å². The van der Waals surface area contributed by atoms with Crippen LogP contribution < -0.4 is 5.73 Å². The first-order chi connectivity index (χ1) is 6.78. The van der Waals surface area contributed by atoms with Crippen LogP contribution in [0.3, 0.4) is 0 Å². The van der Waals surface area contributed by atoms with E-state index in [0.29, 0.717) is 0 Å². The first-order valence-corrected chi connectivity index (χ1v) is 4.44. The number of hydrogen-bond acceptors (Lipinski definition) is 1. The summed E-state index contributed by atoms with van der Waals surface area (Å²) in [6.45, 7) is 0. The minimum absolute atomic E-state index is 0.0302. The molecule has 0 unspecified atom stereocenters. The number of rotatable bonds is 2. The van der Waals surface area contributed by atoms with Crippen LogP contribution in [0.1, 0.15) is 18.0 Å². The highest BCUT2D eigenvalue weighted by Crippen LogP contribution is 2.29. The molecule has 2 N–H and O–H groups in total. The molecule has 0 aliphatic carbocycles. The summed E-state index contributed by atoms with van der Waals surface area (Å²) in [6.07, 6.45) is -5.58. The highest BCUT2D eigenvalue weighted by molar-refractivity contribution is 6.30. The van der Waals surface area contributed by atoms with E-state index in [1.54, 1.807) is 0 Å². The average molecular weight is 242 g/mol. The van der Waals surface area contributed by atoms with Crippen molar-refractivity contribution in [2.45, 2.75) is 18.6 Å². The molecule has 0 saturated heterocycles. The minimum atomic E-state index is -4.38. The Labute approximate surface area is 88.8 Å². The molecule has 0 aliphatic heterocycles. The number of alkyl halides is 3. The Hall–Kier alpha value is -0.810. The lowest BCUT2D eigenvalue weighted by molar-refractivity contribution is -0.138. The van der Waals surface area contributed by atoms with Crippen molar-refractivity contribution in [1.82, 2.24) is 0 Å². The highest BCUT2D eigenvalue weighted by Gasteiger charge is 2.31. The second-order valence-corrected chi connectivity index (χ2v) is 3.57. The van der Waals surface area contributed by atoms with Gasteiger partial charge < -0.3 is 5.73 Å². The number of nitrogens with two attached hydrogens (primary N) is 1. The topological polar surface area (TPSA) is 26.0 Å². The predicted molar refractivity (Wildman–Crippen MR) is 49.0 cm³/mol. The number of halogens is 5. The predicted octanol–water partition coefficient (Wildman–Crippen LogP) is 3.43. The number of benzene rings is 1. The molecule has 0 saturated carbocycles. The van der Waals surface area contributed by atoms with Gasteiger partial charge >= 0.3 is 6.18 Å². The Morgan fingerprint density at radius 3 is 2.33 bits per heavy atom. The van der Waals surface area contributed by atoms with Crippen molar-refractivity contribution in [2.75, 3.05) is 0 Å². The van der Waals surface area contributed by atoms with Gasteiger partial charge in [0.1, 0.15) is 5.82 Å². The molecule has 0 fully saturated rings. The maximum Gasteiger partial charge on any atom is 0.390 e. The van der Waals surface area contributed by atoms with Gasteiger partial charge in [0, 0.05) is 11.1 Å². The molecule has 84 valence electrons. The van der Waals surface area contributed by atoms with Crippen molar-refractivity contribution < 1.29 is 17.6 Å². The lowest BCUT2D eigenvalue weighted by Gasteiger charge is -2.14. The largest absolute Gasteiger partial charge is 0.390 e. The van der Waals surface area contributed by atoms with Crippen LogP contribution in [-0.4, -0.2) is 6.18 Å². The van der Waals surface area contributed by atoms with Gasteiger partial charge in [-0.05, 0) is 23.8 Å². The van der Waals surface area contributed by atoms with Crippen LogP contribution in [0.25, 0.3) is 0 Å². The molecule has 6 heteroatoms. The van der Waals surface area contributed by atoms with E-state index in [9.17, 15) is 17.6 Å². The lowest BCUT2D eigenvalue weighted by Crippen LogP contribution is -2.20. The molecule has 1 atom stereocenters. The van der Waals surface area contributed by atoms with Crippen LogP contribution in [0.15, 0.2) is 18.2 Å². The zero-order valence-electron chi connectivity index (χ0n) is 7.48. The Balaban J connectivity index is 2.86. The van der Waals surface area contributed by atoms with E-state index in [1.165, 1.54) is 6.07 Å². The van der Waals surface area contributed by atoms with Gasteiger partial charge in [-0.1, -0.05) is 11.6 Å². The fourth-order valence-electron chi connectivity index (χ4n) is 1.16. The van der Waals surface area contributed by atoms with Crippen molar-refractivity contribution in [2.24, 2.45) is 5.73 Å². The van der Waals surface area contributed by atoms with Gasteiger partial charge in [0.05, 0.1) is 6.42 Å². The maximum absolute atomic E-state index is 12.8. The minimum Gasteiger partial charge on any atom is -0.324 e. The zero-order chi connectivity index (χ0) is 11.6. The molecule has 15 heavy (non-hydrogen) atoms. The fraction of sp³-hybridized carbons (Fsp3) is 0.333. The van der Waals surface area contributed by atoms with Crippen LogP contribution in [0.2, 0.25) is 5.02 Å². The summed E-state index contributed by atoms with van der Waals surface area (Å²) < 4.78 is 48.8. The van der Waals surface area contributed by atoms with E-state index in [4.69, 9.17) is 17.3 Å². The van der Waals surface area contributed by atoms with E-state index in [-0.39, 0.29) is 10.6 Å². The molecule has 1 aromatic rings. The second-order valence-electron chi connectivity index (χ2n) is 3.13. The van der Waals surface area contributed by atoms with E-state index in [2.05, 4.69) is 0 Å². The lowest BCUT2D eigenvalue weighted by atomic mass is 10.0. The SMILES string of the molecule is N[C@@H](CC(F)(F)F)c1cc(F)cc(Cl)c1. The summed E-state index contributed by atoms with van der Waals surface area (Å²) in [5.41, 5.74) is 5.31. The van der Waals surface area contributed by atoms with Gasteiger partial charge in [-0.15, -0.1) is 0 Å². The van der Waals surface area contributed by atoms with Crippen molar-refractivity contribution >= 4 is 11.6 Å². The molecule has 1 nitrogen and oxygen atoms in total. The molecule has 0 bridgehead atoms. The van der Waals surface area contributed by atoms with Gasteiger partial charge in [0.25, 0.3) is 0 Å². The first-order valence-electron chi connectivity index (χ1n) is 4.06. The number of hydrogen-bond donors (Lipinski definition) is 1. The van der Waals surface area contributed by atoms with Crippen LogP contribution in [0.5, 0.6) is 0 Å². The van der Waals surface area contributed by atoms with Gasteiger partial charge in [-0.2, -0.15) is 13.2 Å². The van der Waals surface area contributed by atoms with Gasteiger partial charge in [0.15, 0.2) is 0 Å². The maximum atomic E-state index is 12.8. The van der Waals surface area contributed by atoms with Gasteiger partial charge in [-0.3, -0.25) is 0 Å². The molecule has 1 aromatic carbocycles. The summed E-state index contributed by atoms with van der Waals surface area (Å²) in [6, 6.07) is 1.88. The van der Waals surface area contributed by atoms with E-state index < -0.39 is 24.5 Å². The molecule has 0 heterocycles. The third kappa shape index (κ3) is 4.05. The van der Waals surface area contributed by atoms with Gasteiger partial charge in [-0.25, -0.2) is 4.39 Å². The summed E-state index contributed by atoms with van der Waals surface area (Å²) in [5, 5.41) is 0.0302. The molecule has 0 amide bonds. The van der Waals surface area contributed by atoms with Crippen LogP contribution in [0, 0.1) is 5.82 Å². The Morgan fingerprint density at radius 2 is 1.87 bits per heavy atom. The summed E-state index contributed by atoms with van der Waals surface area (Å²) >= 11 is 5.49. The third-order valence-corrected chi connectivity index (χ3v) is 1.98. The summed E-state index contributed by atoms with van der Waals surface area (Å²) in [5.74, 6) is -0.699. The molecular weight excluding hydrogens is 234 g/mol. The molecule has 0 aliphatic rings. The standard InChI is InChI=1S/C9H8ClF4N/c10-6-1-5(2-7(11)3-6)8(15)4-9(12,13)14/h1-3,8H,4,15H2/t8-/m0/s1. The Bertz CT molecular complexity index is 330. The summed E-state index contributed by atoms with van der Waals surface area (Å²) in [4.78, 5) is 0. The fourth-order valence-corrected chi connectivity index (χ4v) is 1.39. The second kappa shape index (κ2) is 4.37. The van der Waals surface area contributed by atoms with Crippen molar-refractivity contribution in [1.29, 1.82) is 0 Å².